The maximum absolute atomic E-state index is 3.51. The van der Waals surface area contributed by atoms with Crippen molar-refractivity contribution in [3.05, 3.63) is 0 Å². The van der Waals surface area contributed by atoms with Crippen molar-refractivity contribution in [3.8, 4) is 0 Å². The van der Waals surface area contributed by atoms with Crippen LogP contribution < -0.4 is 5.32 Å². The van der Waals surface area contributed by atoms with E-state index in [1.54, 1.807) is 0 Å². The van der Waals surface area contributed by atoms with Gasteiger partial charge in [-0.25, -0.2) is 0 Å². The average Bonchev–Trinajstić information content (AvgIpc) is 2.68. The summed E-state index contributed by atoms with van der Waals surface area (Å²) >= 11 is 0. The zero-order valence-corrected chi connectivity index (χ0v) is 14.4. The molecule has 2 bridgehead atoms. The van der Waals surface area contributed by atoms with E-state index in [0.717, 1.165) is 18.0 Å². The lowest BCUT2D eigenvalue weighted by molar-refractivity contribution is 0.0769. The van der Waals surface area contributed by atoms with E-state index in [0.29, 0.717) is 5.41 Å². The van der Waals surface area contributed by atoms with Gasteiger partial charge in [0.05, 0.1) is 0 Å². The van der Waals surface area contributed by atoms with Crippen molar-refractivity contribution in [1.82, 2.24) is 15.1 Å². The Kier molecular flexibility index (Phi) is 4.92. The normalized spacial score (nSPS) is 42.1. The second kappa shape index (κ2) is 6.55. The van der Waals surface area contributed by atoms with Crippen LogP contribution in [-0.2, 0) is 0 Å². The first-order valence-electron chi connectivity index (χ1n) is 9.21. The Morgan fingerprint density at radius 1 is 1.14 bits per heavy atom. The van der Waals surface area contributed by atoms with E-state index in [1.165, 1.54) is 71.1 Å². The molecule has 3 fully saturated rings. The number of nitrogens with zero attached hydrogens (tertiary/aromatic N) is 2. The Labute approximate surface area is 131 Å². The van der Waals surface area contributed by atoms with Gasteiger partial charge in [0.25, 0.3) is 0 Å². The lowest BCUT2D eigenvalue weighted by atomic mass is 9.69. The number of likely N-dealkylation sites (tertiary alicyclic amines) is 1. The molecule has 122 valence electrons. The fourth-order valence-electron chi connectivity index (χ4n) is 5.50. The summed E-state index contributed by atoms with van der Waals surface area (Å²) < 4.78 is 0. The van der Waals surface area contributed by atoms with Crippen molar-refractivity contribution in [3.63, 3.8) is 0 Å². The first-order valence-corrected chi connectivity index (χ1v) is 9.21. The SMILES string of the molecule is CNCC1(CN2CCC3CCC(C2)N3C)CCCC(C)C1. The van der Waals surface area contributed by atoms with Crippen LogP contribution in [-0.4, -0.2) is 62.2 Å². The van der Waals surface area contributed by atoms with Crippen molar-refractivity contribution in [2.45, 2.75) is 64.0 Å². The molecule has 4 atom stereocenters. The van der Waals surface area contributed by atoms with E-state index in [2.05, 4.69) is 36.1 Å². The summed E-state index contributed by atoms with van der Waals surface area (Å²) in [6, 6.07) is 1.69. The Hall–Kier alpha value is -0.120. The maximum Gasteiger partial charge on any atom is 0.0223 e. The Morgan fingerprint density at radius 2 is 1.95 bits per heavy atom. The molecule has 1 aliphatic carbocycles. The zero-order valence-electron chi connectivity index (χ0n) is 14.4. The van der Waals surface area contributed by atoms with Crippen molar-refractivity contribution in [1.29, 1.82) is 0 Å². The molecular weight excluding hydrogens is 258 g/mol. The number of hydrogen-bond donors (Lipinski definition) is 1. The minimum atomic E-state index is 0.536. The number of nitrogens with one attached hydrogen (secondary N) is 1. The molecule has 0 aromatic carbocycles. The van der Waals surface area contributed by atoms with Gasteiger partial charge < -0.3 is 10.2 Å². The molecule has 0 radical (unpaired) electrons. The lowest BCUT2D eigenvalue weighted by Crippen LogP contribution is -2.48. The molecule has 1 saturated carbocycles. The molecule has 0 amide bonds. The highest BCUT2D eigenvalue weighted by molar-refractivity contribution is 4.95. The van der Waals surface area contributed by atoms with E-state index < -0.39 is 0 Å². The first kappa shape index (κ1) is 15.8. The molecule has 2 saturated heterocycles. The van der Waals surface area contributed by atoms with Crippen molar-refractivity contribution in [2.24, 2.45) is 11.3 Å². The lowest BCUT2D eigenvalue weighted by Gasteiger charge is -2.44. The average molecular weight is 293 g/mol. The molecule has 0 spiro atoms. The molecule has 0 aromatic rings. The Bertz CT molecular complexity index is 341. The van der Waals surface area contributed by atoms with E-state index in [1.807, 2.05) is 0 Å². The molecule has 0 aromatic heterocycles. The molecule has 3 nitrogen and oxygen atoms in total. The number of likely N-dealkylation sites (N-methyl/N-ethyl adjacent to an activating group) is 1. The summed E-state index contributed by atoms with van der Waals surface area (Å²) in [5, 5.41) is 3.51. The van der Waals surface area contributed by atoms with Crippen LogP contribution in [0.2, 0.25) is 0 Å². The molecule has 3 heteroatoms. The smallest absolute Gasteiger partial charge is 0.0223 e. The monoisotopic (exact) mass is 293 g/mol. The van der Waals surface area contributed by atoms with E-state index in [9.17, 15) is 0 Å². The van der Waals surface area contributed by atoms with Crippen LogP contribution in [0.15, 0.2) is 0 Å². The third kappa shape index (κ3) is 3.46. The van der Waals surface area contributed by atoms with Gasteiger partial charge >= 0.3 is 0 Å². The van der Waals surface area contributed by atoms with Gasteiger partial charge in [0.1, 0.15) is 0 Å². The van der Waals surface area contributed by atoms with Gasteiger partial charge in [-0.3, -0.25) is 4.90 Å². The van der Waals surface area contributed by atoms with Gasteiger partial charge in [-0.05, 0) is 64.1 Å². The Balaban J connectivity index is 1.65. The molecule has 3 rings (SSSR count). The topological polar surface area (TPSA) is 18.5 Å². The van der Waals surface area contributed by atoms with E-state index in [4.69, 9.17) is 0 Å². The predicted molar refractivity (Wildman–Crippen MR) is 89.6 cm³/mol. The van der Waals surface area contributed by atoms with Crippen LogP contribution in [0.3, 0.4) is 0 Å². The minimum absolute atomic E-state index is 0.536. The maximum atomic E-state index is 3.51. The van der Waals surface area contributed by atoms with Crippen LogP contribution in [0.1, 0.15) is 51.9 Å². The second-order valence-corrected chi connectivity index (χ2v) is 8.31. The molecule has 2 aliphatic heterocycles. The summed E-state index contributed by atoms with van der Waals surface area (Å²) in [6.07, 6.45) is 9.98. The van der Waals surface area contributed by atoms with Crippen LogP contribution in [0.25, 0.3) is 0 Å². The molecular formula is C18H35N3. The van der Waals surface area contributed by atoms with E-state index in [-0.39, 0.29) is 0 Å². The summed E-state index contributed by atoms with van der Waals surface area (Å²) in [7, 11) is 4.50. The summed E-state index contributed by atoms with van der Waals surface area (Å²) in [6.45, 7) is 7.63. The van der Waals surface area contributed by atoms with Crippen molar-refractivity contribution >= 4 is 0 Å². The number of hydrogen-bond acceptors (Lipinski definition) is 3. The van der Waals surface area contributed by atoms with Gasteiger partial charge in [-0.15, -0.1) is 0 Å². The zero-order chi connectivity index (χ0) is 14.9. The van der Waals surface area contributed by atoms with E-state index >= 15 is 0 Å². The highest BCUT2D eigenvalue weighted by atomic mass is 15.3. The predicted octanol–water partition coefficient (Wildman–Crippen LogP) is 2.57. The summed E-state index contributed by atoms with van der Waals surface area (Å²) in [4.78, 5) is 5.49. The van der Waals surface area contributed by atoms with Crippen molar-refractivity contribution in [2.75, 3.05) is 40.3 Å². The third-order valence-corrected chi connectivity index (χ3v) is 6.53. The first-order chi connectivity index (χ1) is 10.1. The van der Waals surface area contributed by atoms with Gasteiger partial charge in [-0.1, -0.05) is 19.8 Å². The molecule has 1 N–H and O–H groups in total. The number of fused-ring (bicyclic) bond motifs is 2. The minimum Gasteiger partial charge on any atom is -0.319 e. The third-order valence-electron chi connectivity index (χ3n) is 6.53. The molecule has 3 aliphatic rings. The highest BCUT2D eigenvalue weighted by Gasteiger charge is 2.39. The fraction of sp³-hybridized carbons (Fsp3) is 1.00. The number of rotatable bonds is 4. The van der Waals surface area contributed by atoms with Crippen LogP contribution >= 0.6 is 0 Å². The van der Waals surface area contributed by atoms with Gasteiger partial charge in [-0.2, -0.15) is 0 Å². The second-order valence-electron chi connectivity index (χ2n) is 8.31. The molecule has 21 heavy (non-hydrogen) atoms. The van der Waals surface area contributed by atoms with Gasteiger partial charge in [0.15, 0.2) is 0 Å². The molecule has 2 heterocycles. The van der Waals surface area contributed by atoms with Gasteiger partial charge in [0, 0.05) is 31.7 Å². The quantitative estimate of drug-likeness (QED) is 0.859. The highest BCUT2D eigenvalue weighted by Crippen LogP contribution is 2.40. The summed E-state index contributed by atoms with van der Waals surface area (Å²) in [5.74, 6) is 0.915. The Morgan fingerprint density at radius 3 is 2.71 bits per heavy atom. The van der Waals surface area contributed by atoms with Crippen LogP contribution in [0.5, 0.6) is 0 Å². The largest absolute Gasteiger partial charge is 0.319 e. The fourth-order valence-corrected chi connectivity index (χ4v) is 5.50. The van der Waals surface area contributed by atoms with Gasteiger partial charge in [0.2, 0.25) is 0 Å². The van der Waals surface area contributed by atoms with Crippen LogP contribution in [0.4, 0.5) is 0 Å². The van der Waals surface area contributed by atoms with Crippen molar-refractivity contribution < 1.29 is 0 Å². The summed E-state index contributed by atoms with van der Waals surface area (Å²) in [5.41, 5.74) is 0.536. The standard InChI is InChI=1S/C18H35N3/c1-15-5-4-9-18(11-15,13-19-2)14-21-10-8-16-6-7-17(12-21)20(16)3/h15-17,19H,4-14H2,1-3H3. The molecule has 4 unspecified atom stereocenters. The van der Waals surface area contributed by atoms with Crippen LogP contribution in [0, 0.1) is 11.3 Å².